The number of aromatic nitrogens is 1. The van der Waals surface area contributed by atoms with Crippen molar-refractivity contribution in [2.75, 3.05) is 0 Å². The molecule has 0 saturated carbocycles. The summed E-state index contributed by atoms with van der Waals surface area (Å²) in [5.41, 5.74) is 4.56. The lowest BCUT2D eigenvalue weighted by Gasteiger charge is -2.15. The van der Waals surface area contributed by atoms with Crippen LogP contribution in [0.2, 0.25) is 5.02 Å². The average molecular weight is 366 g/mol. The van der Waals surface area contributed by atoms with E-state index in [1.807, 2.05) is 48.5 Å². The molecule has 0 atom stereocenters. The van der Waals surface area contributed by atoms with Crippen LogP contribution in [0.5, 0.6) is 0 Å². The number of para-hydroxylation sites is 1. The fraction of sp³-hybridized carbons (Fsp3) is 0.273. The maximum atomic E-state index is 13.0. The second kappa shape index (κ2) is 7.46. The number of rotatable bonds is 3. The van der Waals surface area contributed by atoms with Crippen LogP contribution in [0.1, 0.15) is 46.4 Å². The minimum atomic E-state index is -0.276. The highest BCUT2D eigenvalue weighted by atomic mass is 35.5. The van der Waals surface area contributed by atoms with Crippen molar-refractivity contribution in [1.29, 1.82) is 0 Å². The molecule has 0 fully saturated rings. The molecule has 1 aliphatic carbocycles. The first-order chi connectivity index (χ1) is 12.7. The summed E-state index contributed by atoms with van der Waals surface area (Å²) in [6, 6.07) is 15.2. The molecule has 0 saturated heterocycles. The third kappa shape index (κ3) is 3.45. The molecule has 0 bridgehead atoms. The van der Waals surface area contributed by atoms with Crippen molar-refractivity contribution in [3.63, 3.8) is 0 Å². The highest BCUT2D eigenvalue weighted by Crippen LogP contribution is 2.29. The Morgan fingerprint density at radius 3 is 2.77 bits per heavy atom. The van der Waals surface area contributed by atoms with Gasteiger partial charge in [0, 0.05) is 16.1 Å². The number of aryl methyl sites for hydroxylation is 1. The van der Waals surface area contributed by atoms with E-state index < -0.39 is 0 Å². The van der Waals surface area contributed by atoms with Gasteiger partial charge >= 0.3 is 5.97 Å². The number of nitrogens with zero attached hydrogens (tertiary/aromatic N) is 1. The number of halogens is 1. The van der Waals surface area contributed by atoms with E-state index in [9.17, 15) is 4.79 Å². The fourth-order valence-electron chi connectivity index (χ4n) is 3.63. The van der Waals surface area contributed by atoms with Gasteiger partial charge in [0.05, 0.1) is 11.1 Å². The van der Waals surface area contributed by atoms with Crippen molar-refractivity contribution in [3.8, 4) is 0 Å². The van der Waals surface area contributed by atoms with Gasteiger partial charge in [0.15, 0.2) is 0 Å². The number of benzene rings is 2. The van der Waals surface area contributed by atoms with Gasteiger partial charge in [0.25, 0.3) is 0 Å². The maximum Gasteiger partial charge on any atom is 0.339 e. The zero-order valence-corrected chi connectivity index (χ0v) is 15.3. The Labute approximate surface area is 158 Å². The standard InChI is InChI=1S/C22H20ClNO2/c23-16-8-6-7-15(13-16)14-26-22(25)21-17-9-2-1-3-11-19(17)24-20-12-5-4-10-18(20)21/h4-8,10,12-13H,1-3,9,11,14H2. The molecule has 132 valence electrons. The molecule has 26 heavy (non-hydrogen) atoms. The summed E-state index contributed by atoms with van der Waals surface area (Å²) in [4.78, 5) is 17.8. The van der Waals surface area contributed by atoms with Crippen LogP contribution < -0.4 is 0 Å². The molecule has 0 amide bonds. The molecule has 3 nitrogen and oxygen atoms in total. The largest absolute Gasteiger partial charge is 0.457 e. The summed E-state index contributed by atoms with van der Waals surface area (Å²) in [7, 11) is 0. The van der Waals surface area contributed by atoms with Crippen molar-refractivity contribution in [1.82, 2.24) is 4.98 Å². The predicted molar refractivity (Wildman–Crippen MR) is 104 cm³/mol. The normalized spacial score (nSPS) is 13.9. The Hall–Kier alpha value is -2.39. The zero-order chi connectivity index (χ0) is 17.9. The van der Waals surface area contributed by atoms with E-state index in [4.69, 9.17) is 21.3 Å². The SMILES string of the molecule is O=C(OCc1cccc(Cl)c1)c1c2c(nc3ccccc13)CCCCC2. The maximum absolute atomic E-state index is 13.0. The number of hydrogen-bond acceptors (Lipinski definition) is 3. The van der Waals surface area contributed by atoms with Crippen LogP contribution in [-0.2, 0) is 24.2 Å². The summed E-state index contributed by atoms with van der Waals surface area (Å²) >= 11 is 6.02. The molecule has 0 aliphatic heterocycles. The van der Waals surface area contributed by atoms with Crippen LogP contribution in [0.15, 0.2) is 48.5 Å². The number of carbonyl (C=O) groups is 1. The van der Waals surface area contributed by atoms with Crippen LogP contribution in [0.4, 0.5) is 0 Å². The summed E-state index contributed by atoms with van der Waals surface area (Å²) in [6.07, 6.45) is 5.18. The summed E-state index contributed by atoms with van der Waals surface area (Å²) in [6.45, 7) is 0.213. The van der Waals surface area contributed by atoms with Gasteiger partial charge < -0.3 is 4.74 Å². The van der Waals surface area contributed by atoms with Crippen LogP contribution in [0.25, 0.3) is 10.9 Å². The van der Waals surface area contributed by atoms with Gasteiger partial charge in [-0.1, -0.05) is 48.4 Å². The molecule has 1 aliphatic rings. The van der Waals surface area contributed by atoms with Gasteiger partial charge in [-0.3, -0.25) is 4.98 Å². The van der Waals surface area contributed by atoms with E-state index in [1.54, 1.807) is 0 Å². The minimum Gasteiger partial charge on any atom is -0.457 e. The van der Waals surface area contributed by atoms with E-state index in [-0.39, 0.29) is 12.6 Å². The lowest BCUT2D eigenvalue weighted by molar-refractivity contribution is 0.0473. The zero-order valence-electron chi connectivity index (χ0n) is 14.5. The van der Waals surface area contributed by atoms with Crippen LogP contribution in [0, 0.1) is 0 Å². The van der Waals surface area contributed by atoms with Gasteiger partial charge in [0.2, 0.25) is 0 Å². The fourth-order valence-corrected chi connectivity index (χ4v) is 3.84. The molecule has 4 heteroatoms. The monoisotopic (exact) mass is 365 g/mol. The molecule has 0 radical (unpaired) electrons. The van der Waals surface area contributed by atoms with E-state index in [2.05, 4.69) is 0 Å². The highest BCUT2D eigenvalue weighted by Gasteiger charge is 2.22. The van der Waals surface area contributed by atoms with Crippen molar-refractivity contribution in [2.24, 2.45) is 0 Å². The van der Waals surface area contributed by atoms with Crippen molar-refractivity contribution >= 4 is 28.5 Å². The molecule has 0 unspecified atom stereocenters. The van der Waals surface area contributed by atoms with Gasteiger partial charge in [-0.25, -0.2) is 4.79 Å². The smallest absolute Gasteiger partial charge is 0.339 e. The Balaban J connectivity index is 1.72. The Morgan fingerprint density at radius 2 is 1.88 bits per heavy atom. The van der Waals surface area contributed by atoms with Crippen LogP contribution >= 0.6 is 11.6 Å². The van der Waals surface area contributed by atoms with Gasteiger partial charge in [0.1, 0.15) is 6.61 Å². The Bertz CT molecular complexity index is 968. The molecule has 2 aromatic carbocycles. The number of fused-ring (bicyclic) bond motifs is 2. The number of esters is 1. The van der Waals surface area contributed by atoms with Crippen LogP contribution in [-0.4, -0.2) is 11.0 Å². The van der Waals surface area contributed by atoms with Gasteiger partial charge in [-0.15, -0.1) is 0 Å². The number of ether oxygens (including phenoxy) is 1. The van der Waals surface area contributed by atoms with Gasteiger partial charge in [-0.05, 0) is 55.0 Å². The summed E-state index contributed by atoms with van der Waals surface area (Å²) in [5, 5.41) is 1.52. The molecule has 3 aromatic rings. The molecule has 1 aromatic heterocycles. The van der Waals surface area contributed by atoms with Crippen molar-refractivity contribution in [2.45, 2.75) is 38.7 Å². The third-order valence-electron chi connectivity index (χ3n) is 4.88. The second-order valence-electron chi connectivity index (χ2n) is 6.70. The third-order valence-corrected chi connectivity index (χ3v) is 5.12. The summed E-state index contributed by atoms with van der Waals surface area (Å²) < 4.78 is 5.66. The van der Waals surface area contributed by atoms with E-state index in [0.717, 1.165) is 53.4 Å². The lowest BCUT2D eigenvalue weighted by Crippen LogP contribution is -2.12. The van der Waals surface area contributed by atoms with Crippen molar-refractivity contribution < 1.29 is 9.53 Å². The quantitative estimate of drug-likeness (QED) is 0.453. The van der Waals surface area contributed by atoms with E-state index in [0.29, 0.717) is 10.6 Å². The number of carbonyl (C=O) groups excluding carboxylic acids is 1. The van der Waals surface area contributed by atoms with E-state index in [1.165, 1.54) is 6.42 Å². The molecule has 1 heterocycles. The Kier molecular flexibility index (Phi) is 4.89. The lowest BCUT2D eigenvalue weighted by atomic mass is 9.97. The highest BCUT2D eigenvalue weighted by molar-refractivity contribution is 6.30. The topological polar surface area (TPSA) is 39.2 Å². The molecular formula is C22H20ClNO2. The second-order valence-corrected chi connectivity index (χ2v) is 7.13. The number of hydrogen-bond donors (Lipinski definition) is 0. The average Bonchev–Trinajstić information content (AvgIpc) is 2.89. The first kappa shape index (κ1) is 17.0. The minimum absolute atomic E-state index is 0.213. The molecule has 0 spiro atoms. The molecule has 4 rings (SSSR count). The summed E-state index contributed by atoms with van der Waals surface area (Å²) in [5.74, 6) is -0.276. The van der Waals surface area contributed by atoms with E-state index >= 15 is 0 Å². The molecule has 0 N–H and O–H groups in total. The van der Waals surface area contributed by atoms with Crippen LogP contribution in [0.3, 0.4) is 0 Å². The predicted octanol–water partition coefficient (Wildman–Crippen LogP) is 5.51. The first-order valence-corrected chi connectivity index (χ1v) is 9.42. The Morgan fingerprint density at radius 1 is 1.04 bits per heavy atom. The molecular weight excluding hydrogens is 346 g/mol. The van der Waals surface area contributed by atoms with Crippen molar-refractivity contribution in [3.05, 3.63) is 75.9 Å². The number of pyridine rings is 1. The van der Waals surface area contributed by atoms with Gasteiger partial charge in [-0.2, -0.15) is 0 Å². The first-order valence-electron chi connectivity index (χ1n) is 9.04.